The van der Waals surface area contributed by atoms with Gasteiger partial charge < -0.3 is 0 Å². The van der Waals surface area contributed by atoms with Gasteiger partial charge >= 0.3 is 0 Å². The molecule has 1 aromatic heterocycles. The molecule has 0 aliphatic heterocycles. The Morgan fingerprint density at radius 1 is 1.62 bits per heavy atom. The van der Waals surface area contributed by atoms with Crippen molar-refractivity contribution in [2.75, 3.05) is 0 Å². The molecule has 2 unspecified atom stereocenters. The predicted molar refractivity (Wildman–Crippen MR) is 52.9 cm³/mol. The lowest BCUT2D eigenvalue weighted by molar-refractivity contribution is 0.0892. The summed E-state index contributed by atoms with van der Waals surface area (Å²) in [5.74, 6) is 1.04. The summed E-state index contributed by atoms with van der Waals surface area (Å²) in [7, 11) is 0. The summed E-state index contributed by atoms with van der Waals surface area (Å²) >= 11 is 1.50. The van der Waals surface area contributed by atoms with Crippen LogP contribution in [0.25, 0.3) is 0 Å². The molecule has 0 amide bonds. The van der Waals surface area contributed by atoms with Crippen LogP contribution in [0.5, 0.6) is 0 Å². The van der Waals surface area contributed by atoms with Crippen LogP contribution in [0.3, 0.4) is 0 Å². The number of aromatic nitrogens is 1. The van der Waals surface area contributed by atoms with Crippen LogP contribution in [0.15, 0.2) is 10.9 Å². The maximum absolute atomic E-state index is 11.9. The molecule has 0 spiro atoms. The highest BCUT2D eigenvalue weighted by atomic mass is 32.1. The van der Waals surface area contributed by atoms with Crippen LogP contribution in [-0.4, -0.2) is 10.8 Å². The molecule has 1 aliphatic rings. The summed E-state index contributed by atoms with van der Waals surface area (Å²) in [6.45, 7) is 2.17. The van der Waals surface area contributed by atoms with E-state index in [1.54, 1.807) is 5.51 Å². The molecule has 0 saturated heterocycles. The first-order valence-electron chi connectivity index (χ1n) is 4.71. The van der Waals surface area contributed by atoms with Gasteiger partial charge in [0.1, 0.15) is 5.69 Å². The van der Waals surface area contributed by atoms with E-state index in [1.165, 1.54) is 24.2 Å². The summed E-state index contributed by atoms with van der Waals surface area (Å²) in [5.41, 5.74) is 2.40. The van der Waals surface area contributed by atoms with Crippen molar-refractivity contribution < 1.29 is 4.79 Å². The van der Waals surface area contributed by atoms with E-state index >= 15 is 0 Å². The maximum Gasteiger partial charge on any atom is 0.185 e. The highest BCUT2D eigenvalue weighted by Crippen LogP contribution is 2.33. The van der Waals surface area contributed by atoms with E-state index in [1.807, 2.05) is 5.38 Å². The van der Waals surface area contributed by atoms with Crippen molar-refractivity contribution in [2.24, 2.45) is 11.8 Å². The largest absolute Gasteiger partial charge is 0.292 e. The van der Waals surface area contributed by atoms with Crippen molar-refractivity contribution in [1.82, 2.24) is 4.98 Å². The van der Waals surface area contributed by atoms with Gasteiger partial charge in [0.2, 0.25) is 0 Å². The van der Waals surface area contributed by atoms with Gasteiger partial charge in [0.05, 0.1) is 5.51 Å². The second kappa shape index (κ2) is 3.58. The second-order valence-corrected chi connectivity index (χ2v) is 4.47. The molecule has 1 fully saturated rings. The van der Waals surface area contributed by atoms with Gasteiger partial charge in [-0.25, -0.2) is 4.98 Å². The van der Waals surface area contributed by atoms with Gasteiger partial charge in [0.25, 0.3) is 0 Å². The zero-order valence-corrected chi connectivity index (χ0v) is 8.51. The third kappa shape index (κ3) is 1.66. The molecule has 1 heterocycles. The van der Waals surface area contributed by atoms with Gasteiger partial charge in [0.15, 0.2) is 5.78 Å². The molecule has 1 aliphatic carbocycles. The van der Waals surface area contributed by atoms with Crippen molar-refractivity contribution in [1.29, 1.82) is 0 Å². The quantitative estimate of drug-likeness (QED) is 0.679. The number of carbonyl (C=O) groups is 1. The zero-order valence-electron chi connectivity index (χ0n) is 7.69. The highest BCUT2D eigenvalue weighted by molar-refractivity contribution is 7.07. The van der Waals surface area contributed by atoms with Crippen molar-refractivity contribution >= 4 is 17.1 Å². The Labute approximate surface area is 82.0 Å². The average molecular weight is 195 g/mol. The van der Waals surface area contributed by atoms with Gasteiger partial charge in [-0.2, -0.15) is 0 Å². The highest BCUT2D eigenvalue weighted by Gasteiger charge is 2.30. The van der Waals surface area contributed by atoms with E-state index in [0.717, 1.165) is 6.42 Å². The lowest BCUT2D eigenvalue weighted by atomic mass is 9.92. The fourth-order valence-corrected chi connectivity index (χ4v) is 2.60. The average Bonchev–Trinajstić information content (AvgIpc) is 2.72. The van der Waals surface area contributed by atoms with Gasteiger partial charge in [-0.1, -0.05) is 13.3 Å². The molecule has 0 aromatic carbocycles. The molecule has 1 saturated carbocycles. The number of rotatable bonds is 2. The number of thiazole rings is 1. The van der Waals surface area contributed by atoms with E-state index in [2.05, 4.69) is 11.9 Å². The monoisotopic (exact) mass is 195 g/mol. The molecule has 0 N–H and O–H groups in total. The second-order valence-electron chi connectivity index (χ2n) is 3.75. The van der Waals surface area contributed by atoms with Crippen LogP contribution in [0, 0.1) is 11.8 Å². The Bertz CT molecular complexity index is 294. The van der Waals surface area contributed by atoms with E-state index in [9.17, 15) is 4.79 Å². The molecule has 0 bridgehead atoms. The van der Waals surface area contributed by atoms with Crippen LogP contribution < -0.4 is 0 Å². The molecule has 2 atom stereocenters. The summed E-state index contributed by atoms with van der Waals surface area (Å²) in [6, 6.07) is 0. The fraction of sp³-hybridized carbons (Fsp3) is 0.600. The zero-order chi connectivity index (χ0) is 9.26. The number of Topliss-reactive ketones (excluding diaryl/α,β-unsaturated/α-hetero) is 1. The summed E-state index contributed by atoms with van der Waals surface area (Å²) < 4.78 is 0. The van der Waals surface area contributed by atoms with Crippen LogP contribution in [-0.2, 0) is 0 Å². The van der Waals surface area contributed by atoms with E-state index < -0.39 is 0 Å². The number of carbonyl (C=O) groups excluding carboxylic acids is 1. The molecule has 0 radical (unpaired) electrons. The smallest absolute Gasteiger partial charge is 0.185 e. The van der Waals surface area contributed by atoms with Crippen molar-refractivity contribution in [3.05, 3.63) is 16.6 Å². The maximum atomic E-state index is 11.9. The summed E-state index contributed by atoms with van der Waals surface area (Å²) in [6.07, 6.45) is 3.44. The standard InChI is InChI=1S/C10H13NOS/c1-7-3-2-4-8(7)10(12)9-5-13-6-11-9/h5-8H,2-4H2,1H3. The SMILES string of the molecule is CC1CCCC1C(=O)c1cscn1. The van der Waals surface area contributed by atoms with E-state index in [0.29, 0.717) is 11.6 Å². The molecule has 70 valence electrons. The molecular formula is C10H13NOS. The van der Waals surface area contributed by atoms with Crippen LogP contribution in [0.1, 0.15) is 36.7 Å². The fourth-order valence-electron chi connectivity index (χ4n) is 2.06. The molecule has 2 nitrogen and oxygen atoms in total. The lowest BCUT2D eigenvalue weighted by Gasteiger charge is -2.11. The van der Waals surface area contributed by atoms with Crippen LogP contribution >= 0.6 is 11.3 Å². The van der Waals surface area contributed by atoms with Crippen molar-refractivity contribution in [3.8, 4) is 0 Å². The Hall–Kier alpha value is -0.700. The number of hydrogen-bond donors (Lipinski definition) is 0. The van der Waals surface area contributed by atoms with E-state index in [-0.39, 0.29) is 11.7 Å². The van der Waals surface area contributed by atoms with Gasteiger partial charge in [-0.15, -0.1) is 11.3 Å². The minimum absolute atomic E-state index is 0.238. The summed E-state index contributed by atoms with van der Waals surface area (Å²) in [4.78, 5) is 15.9. The van der Waals surface area contributed by atoms with Gasteiger partial charge in [-0.05, 0) is 18.8 Å². The number of nitrogens with zero attached hydrogens (tertiary/aromatic N) is 1. The molecule has 3 heteroatoms. The predicted octanol–water partition coefficient (Wildman–Crippen LogP) is 2.76. The number of ketones is 1. The Morgan fingerprint density at radius 2 is 2.46 bits per heavy atom. The molecule has 2 rings (SSSR count). The van der Waals surface area contributed by atoms with Crippen LogP contribution in [0.4, 0.5) is 0 Å². The van der Waals surface area contributed by atoms with Gasteiger partial charge in [-0.3, -0.25) is 4.79 Å². The Balaban J connectivity index is 2.13. The minimum Gasteiger partial charge on any atom is -0.292 e. The normalized spacial score (nSPS) is 27.8. The lowest BCUT2D eigenvalue weighted by Crippen LogP contribution is -2.17. The first-order valence-corrected chi connectivity index (χ1v) is 5.65. The number of hydrogen-bond acceptors (Lipinski definition) is 3. The van der Waals surface area contributed by atoms with Gasteiger partial charge in [0, 0.05) is 11.3 Å². The molecule has 13 heavy (non-hydrogen) atoms. The third-order valence-corrected chi connectivity index (χ3v) is 3.47. The van der Waals surface area contributed by atoms with Crippen molar-refractivity contribution in [3.63, 3.8) is 0 Å². The Kier molecular flexibility index (Phi) is 2.44. The van der Waals surface area contributed by atoms with E-state index in [4.69, 9.17) is 0 Å². The molecular weight excluding hydrogens is 182 g/mol. The first-order chi connectivity index (χ1) is 6.29. The van der Waals surface area contributed by atoms with Crippen molar-refractivity contribution in [2.45, 2.75) is 26.2 Å². The topological polar surface area (TPSA) is 30.0 Å². The first kappa shape index (κ1) is 8.88. The van der Waals surface area contributed by atoms with Crippen LogP contribution in [0.2, 0.25) is 0 Å². The summed E-state index contributed by atoms with van der Waals surface area (Å²) in [5, 5.41) is 1.85. The minimum atomic E-state index is 0.238. The molecule has 1 aromatic rings. The Morgan fingerprint density at radius 3 is 3.00 bits per heavy atom. The third-order valence-electron chi connectivity index (χ3n) is 2.88.